The Morgan fingerprint density at radius 3 is 2.90 bits per heavy atom. The molecule has 7 heteroatoms. The molecule has 0 amide bonds. The van der Waals surface area contributed by atoms with Crippen LogP contribution in [0.15, 0.2) is 47.0 Å². The second-order valence-electron chi connectivity index (χ2n) is 4.71. The molecule has 0 fully saturated rings. The van der Waals surface area contributed by atoms with Crippen LogP contribution in [0.1, 0.15) is 18.9 Å². The van der Waals surface area contributed by atoms with E-state index in [1.807, 2.05) is 6.92 Å². The van der Waals surface area contributed by atoms with Crippen molar-refractivity contribution in [1.82, 2.24) is 5.32 Å². The number of hydrogen-bond acceptors (Lipinski definition) is 5. The van der Waals surface area contributed by atoms with Gasteiger partial charge in [0.05, 0.1) is 10.6 Å². The lowest BCUT2D eigenvalue weighted by Crippen LogP contribution is -2.30. The highest BCUT2D eigenvalue weighted by Crippen LogP contribution is 2.13. The summed E-state index contributed by atoms with van der Waals surface area (Å²) in [5.41, 5.74) is 5.83. The van der Waals surface area contributed by atoms with Gasteiger partial charge in [0.1, 0.15) is 0 Å². The van der Waals surface area contributed by atoms with Crippen LogP contribution in [-0.4, -0.2) is 37.8 Å². The highest BCUT2D eigenvalue weighted by atomic mass is 32.2. The van der Waals surface area contributed by atoms with Crippen LogP contribution in [-0.2, 0) is 9.84 Å². The number of nitrogens with one attached hydrogen (secondary N) is 1. The summed E-state index contributed by atoms with van der Waals surface area (Å²) in [6, 6.07) is 6.22. The van der Waals surface area contributed by atoms with E-state index < -0.39 is 9.84 Å². The second kappa shape index (κ2) is 7.80. The quantitative estimate of drug-likeness (QED) is 0.219. The average molecular weight is 311 g/mol. The van der Waals surface area contributed by atoms with Crippen LogP contribution in [0.5, 0.6) is 0 Å². The minimum absolute atomic E-state index is 0.0197. The summed E-state index contributed by atoms with van der Waals surface area (Å²) in [6.45, 7) is 5.96. The molecule has 0 saturated heterocycles. The van der Waals surface area contributed by atoms with Gasteiger partial charge in [0.25, 0.3) is 0 Å². The van der Waals surface area contributed by atoms with Crippen LogP contribution >= 0.6 is 0 Å². The Labute approximate surface area is 125 Å². The molecular weight excluding hydrogens is 290 g/mol. The van der Waals surface area contributed by atoms with Crippen LogP contribution < -0.4 is 11.1 Å². The minimum Gasteiger partial charge on any atom is -0.409 e. The Morgan fingerprint density at radius 1 is 1.57 bits per heavy atom. The fourth-order valence-corrected chi connectivity index (χ4v) is 3.01. The summed E-state index contributed by atoms with van der Waals surface area (Å²) in [7, 11) is -3.42. The van der Waals surface area contributed by atoms with Gasteiger partial charge in [-0.15, -0.1) is 6.58 Å². The predicted octanol–water partition coefficient (Wildman–Crippen LogP) is 1.11. The second-order valence-corrected chi connectivity index (χ2v) is 6.82. The monoisotopic (exact) mass is 311 g/mol. The molecule has 0 heterocycles. The molecule has 116 valence electrons. The highest BCUT2D eigenvalue weighted by Gasteiger charge is 2.15. The molecule has 0 radical (unpaired) electrons. The average Bonchev–Trinajstić information content (AvgIpc) is 2.46. The number of sulfone groups is 1. The number of oxime groups is 1. The van der Waals surface area contributed by atoms with Crippen LogP contribution in [0.4, 0.5) is 0 Å². The van der Waals surface area contributed by atoms with Gasteiger partial charge in [0.15, 0.2) is 15.7 Å². The zero-order valence-electron chi connectivity index (χ0n) is 12.0. The maximum atomic E-state index is 12.2. The normalized spacial score (nSPS) is 13.9. The number of nitrogens with two attached hydrogens (primary N) is 1. The van der Waals surface area contributed by atoms with Crippen molar-refractivity contribution < 1.29 is 13.6 Å². The van der Waals surface area contributed by atoms with Crippen molar-refractivity contribution in [2.24, 2.45) is 10.9 Å². The topological polar surface area (TPSA) is 105 Å². The van der Waals surface area contributed by atoms with Crippen LogP contribution in [0.3, 0.4) is 0 Å². The summed E-state index contributed by atoms with van der Waals surface area (Å²) in [5, 5.41) is 14.6. The molecule has 0 saturated carbocycles. The fourth-order valence-electron chi connectivity index (χ4n) is 1.80. The zero-order valence-corrected chi connectivity index (χ0v) is 12.8. The van der Waals surface area contributed by atoms with Gasteiger partial charge in [0.2, 0.25) is 0 Å². The number of amidine groups is 1. The molecule has 0 aliphatic heterocycles. The van der Waals surface area contributed by atoms with Crippen molar-refractivity contribution in [3.8, 4) is 0 Å². The van der Waals surface area contributed by atoms with E-state index in [1.165, 1.54) is 12.1 Å². The lowest BCUT2D eigenvalue weighted by atomic mass is 10.2. The summed E-state index contributed by atoms with van der Waals surface area (Å²) in [4.78, 5) is 0.157. The number of rotatable bonds is 8. The summed E-state index contributed by atoms with van der Waals surface area (Å²) in [5.74, 6) is -0.140. The number of nitrogens with zero attached hydrogens (tertiary/aromatic N) is 1. The third-order valence-corrected chi connectivity index (χ3v) is 4.69. The lowest BCUT2D eigenvalue weighted by molar-refractivity contribution is 0.318. The largest absolute Gasteiger partial charge is 0.409 e. The Morgan fingerprint density at radius 2 is 2.29 bits per heavy atom. The van der Waals surface area contributed by atoms with E-state index in [-0.39, 0.29) is 22.5 Å². The van der Waals surface area contributed by atoms with Gasteiger partial charge in [-0.2, -0.15) is 0 Å². The van der Waals surface area contributed by atoms with E-state index >= 15 is 0 Å². The van der Waals surface area contributed by atoms with Gasteiger partial charge in [0, 0.05) is 18.2 Å². The lowest BCUT2D eigenvalue weighted by Gasteiger charge is -2.12. The molecular formula is C14H21N3O3S. The van der Waals surface area contributed by atoms with Crippen molar-refractivity contribution in [2.75, 3.05) is 12.3 Å². The van der Waals surface area contributed by atoms with Gasteiger partial charge in [-0.1, -0.05) is 23.4 Å². The van der Waals surface area contributed by atoms with E-state index in [2.05, 4.69) is 17.1 Å². The smallest absolute Gasteiger partial charge is 0.179 e. The molecule has 1 unspecified atom stereocenters. The van der Waals surface area contributed by atoms with Crippen molar-refractivity contribution in [3.05, 3.63) is 42.5 Å². The molecule has 1 atom stereocenters. The Kier molecular flexibility index (Phi) is 6.39. The van der Waals surface area contributed by atoms with Crippen molar-refractivity contribution in [3.63, 3.8) is 0 Å². The van der Waals surface area contributed by atoms with E-state index in [0.717, 1.165) is 6.42 Å². The first-order valence-corrected chi connectivity index (χ1v) is 8.21. The van der Waals surface area contributed by atoms with Crippen LogP contribution in [0.2, 0.25) is 0 Å². The van der Waals surface area contributed by atoms with E-state index in [0.29, 0.717) is 12.1 Å². The summed E-state index contributed by atoms with van der Waals surface area (Å²) < 4.78 is 24.5. The predicted molar refractivity (Wildman–Crippen MR) is 83.3 cm³/mol. The van der Waals surface area contributed by atoms with Crippen LogP contribution in [0.25, 0.3) is 0 Å². The maximum Gasteiger partial charge on any atom is 0.179 e. The standard InChI is InChI=1S/C14H21N3O3S/c1-3-5-11(2)16-8-9-21(19,20)13-7-4-6-12(10-13)14(15)17-18/h3-4,6-7,10-11,16,18H,1,5,8-9H2,2H3,(H2,15,17). The first-order chi connectivity index (χ1) is 9.90. The van der Waals surface area contributed by atoms with Gasteiger partial charge >= 0.3 is 0 Å². The number of hydrogen-bond donors (Lipinski definition) is 3. The third-order valence-electron chi connectivity index (χ3n) is 2.98. The van der Waals surface area contributed by atoms with Gasteiger partial charge in [-0.3, -0.25) is 0 Å². The molecule has 0 spiro atoms. The van der Waals surface area contributed by atoms with Crippen molar-refractivity contribution in [2.45, 2.75) is 24.3 Å². The SMILES string of the molecule is C=CCC(C)NCCS(=O)(=O)c1cccc(/C(N)=N/O)c1. The molecule has 0 aliphatic rings. The molecule has 1 rings (SSSR count). The van der Waals surface area contributed by atoms with Gasteiger partial charge in [-0.25, -0.2) is 8.42 Å². The summed E-state index contributed by atoms with van der Waals surface area (Å²) >= 11 is 0. The van der Waals surface area contributed by atoms with E-state index in [9.17, 15) is 8.42 Å². The fraction of sp³-hybridized carbons (Fsp3) is 0.357. The number of benzene rings is 1. The van der Waals surface area contributed by atoms with Gasteiger partial charge < -0.3 is 16.3 Å². The molecule has 4 N–H and O–H groups in total. The van der Waals surface area contributed by atoms with E-state index in [4.69, 9.17) is 10.9 Å². The molecule has 1 aromatic carbocycles. The first-order valence-electron chi connectivity index (χ1n) is 6.55. The molecule has 0 aliphatic carbocycles. The maximum absolute atomic E-state index is 12.2. The van der Waals surface area contributed by atoms with Crippen molar-refractivity contribution >= 4 is 15.7 Å². The Bertz CT molecular complexity index is 612. The molecule has 0 bridgehead atoms. The molecule has 6 nitrogen and oxygen atoms in total. The van der Waals surface area contributed by atoms with Crippen LogP contribution in [0, 0.1) is 0 Å². The summed E-state index contributed by atoms with van der Waals surface area (Å²) in [6.07, 6.45) is 2.56. The molecule has 1 aromatic rings. The zero-order chi connectivity index (χ0) is 15.9. The minimum atomic E-state index is -3.42. The highest BCUT2D eigenvalue weighted by molar-refractivity contribution is 7.91. The Hall–Kier alpha value is -1.86. The third kappa shape index (κ3) is 5.20. The van der Waals surface area contributed by atoms with Crippen molar-refractivity contribution in [1.29, 1.82) is 0 Å². The molecule has 0 aromatic heterocycles. The van der Waals surface area contributed by atoms with E-state index in [1.54, 1.807) is 18.2 Å². The van der Waals surface area contributed by atoms with Gasteiger partial charge in [-0.05, 0) is 25.5 Å². The first kappa shape index (κ1) is 17.2. The molecule has 21 heavy (non-hydrogen) atoms. The Balaban J connectivity index is 2.77.